The first-order valence-corrected chi connectivity index (χ1v) is 6.66. The van der Waals surface area contributed by atoms with E-state index in [9.17, 15) is 0 Å². The minimum atomic E-state index is 0.268. The van der Waals surface area contributed by atoms with Gasteiger partial charge in [0.25, 0.3) is 0 Å². The lowest BCUT2D eigenvalue weighted by Gasteiger charge is -2.07. The van der Waals surface area contributed by atoms with Crippen molar-refractivity contribution in [3.8, 4) is 0 Å². The Morgan fingerprint density at radius 3 is 2.61 bits per heavy atom. The topological polar surface area (TPSA) is 49.2 Å². The number of hydrogen-bond donors (Lipinski definition) is 0. The van der Waals surface area contributed by atoms with Crippen LogP contribution in [0.1, 0.15) is 33.4 Å². The molecule has 1 aromatic heterocycles. The molecule has 0 spiro atoms. The van der Waals surface area contributed by atoms with Gasteiger partial charge in [-0.25, -0.2) is 0 Å². The zero-order chi connectivity index (χ0) is 13.4. The number of ether oxygens (including phenoxy) is 2. The first-order chi connectivity index (χ1) is 8.58. The standard InChI is InChI=1S/C13H25N3O2/c1-11(2)9-16-10-13(14-15-16)5-6-17-7-8-18-12(3)4/h10-12H,5-9H2,1-4H3. The van der Waals surface area contributed by atoms with E-state index in [2.05, 4.69) is 24.2 Å². The van der Waals surface area contributed by atoms with E-state index in [0.29, 0.717) is 25.7 Å². The molecule has 0 aromatic carbocycles. The molecule has 0 radical (unpaired) electrons. The molecule has 5 nitrogen and oxygen atoms in total. The van der Waals surface area contributed by atoms with E-state index in [1.165, 1.54) is 0 Å². The molecule has 0 unspecified atom stereocenters. The fraction of sp³-hybridized carbons (Fsp3) is 0.846. The Balaban J connectivity index is 2.10. The molecule has 1 aromatic rings. The molecule has 0 N–H and O–H groups in total. The molecule has 104 valence electrons. The van der Waals surface area contributed by atoms with Crippen molar-refractivity contribution in [1.82, 2.24) is 15.0 Å². The second kappa shape index (κ2) is 8.21. The Morgan fingerprint density at radius 2 is 1.94 bits per heavy atom. The van der Waals surface area contributed by atoms with Gasteiger partial charge >= 0.3 is 0 Å². The quantitative estimate of drug-likeness (QED) is 0.633. The Bertz CT molecular complexity index is 324. The van der Waals surface area contributed by atoms with Crippen LogP contribution in [0.5, 0.6) is 0 Å². The second-order valence-electron chi connectivity index (χ2n) is 5.11. The van der Waals surface area contributed by atoms with E-state index in [4.69, 9.17) is 9.47 Å². The molecule has 1 rings (SSSR count). The average Bonchev–Trinajstić information content (AvgIpc) is 2.69. The van der Waals surface area contributed by atoms with Crippen LogP contribution >= 0.6 is 0 Å². The minimum absolute atomic E-state index is 0.268. The summed E-state index contributed by atoms with van der Waals surface area (Å²) in [7, 11) is 0. The maximum absolute atomic E-state index is 5.48. The summed E-state index contributed by atoms with van der Waals surface area (Å²) in [4.78, 5) is 0. The Hall–Kier alpha value is -0.940. The molecule has 0 saturated heterocycles. The summed E-state index contributed by atoms with van der Waals surface area (Å²) in [5.74, 6) is 0.587. The van der Waals surface area contributed by atoms with Crippen LogP contribution < -0.4 is 0 Å². The van der Waals surface area contributed by atoms with E-state index in [0.717, 1.165) is 18.7 Å². The molecule has 0 atom stereocenters. The van der Waals surface area contributed by atoms with Crippen molar-refractivity contribution in [2.24, 2.45) is 5.92 Å². The van der Waals surface area contributed by atoms with Gasteiger partial charge in [-0.15, -0.1) is 5.10 Å². The van der Waals surface area contributed by atoms with Gasteiger partial charge in [0.2, 0.25) is 0 Å². The van der Waals surface area contributed by atoms with Gasteiger partial charge in [0, 0.05) is 19.2 Å². The maximum atomic E-state index is 5.48. The highest BCUT2D eigenvalue weighted by Gasteiger charge is 2.02. The lowest BCUT2D eigenvalue weighted by Crippen LogP contribution is -2.10. The first-order valence-electron chi connectivity index (χ1n) is 6.66. The SMILES string of the molecule is CC(C)Cn1cc(CCOCCOC(C)C)nn1. The normalized spacial score (nSPS) is 11.7. The second-order valence-corrected chi connectivity index (χ2v) is 5.11. The van der Waals surface area contributed by atoms with E-state index in [-0.39, 0.29) is 6.10 Å². The molecule has 0 saturated carbocycles. The van der Waals surface area contributed by atoms with Crippen LogP contribution in [0.25, 0.3) is 0 Å². The summed E-state index contributed by atoms with van der Waals surface area (Å²) >= 11 is 0. The van der Waals surface area contributed by atoms with Crippen LogP contribution in [0, 0.1) is 5.92 Å². The lowest BCUT2D eigenvalue weighted by molar-refractivity contribution is 0.0202. The molecule has 18 heavy (non-hydrogen) atoms. The summed E-state index contributed by atoms with van der Waals surface area (Å²) in [6, 6.07) is 0. The molecule has 1 heterocycles. The van der Waals surface area contributed by atoms with Crippen molar-refractivity contribution in [3.63, 3.8) is 0 Å². The Labute approximate surface area is 109 Å². The van der Waals surface area contributed by atoms with E-state index < -0.39 is 0 Å². The van der Waals surface area contributed by atoms with Gasteiger partial charge in [-0.2, -0.15) is 0 Å². The van der Waals surface area contributed by atoms with Crippen LogP contribution in [0.4, 0.5) is 0 Å². The van der Waals surface area contributed by atoms with Crippen molar-refractivity contribution < 1.29 is 9.47 Å². The van der Waals surface area contributed by atoms with Gasteiger partial charge in [-0.05, 0) is 19.8 Å². The van der Waals surface area contributed by atoms with Gasteiger partial charge in [-0.1, -0.05) is 19.1 Å². The predicted octanol–water partition coefficient (Wildman–Crippen LogP) is 1.92. The van der Waals surface area contributed by atoms with Gasteiger partial charge < -0.3 is 9.47 Å². The summed E-state index contributed by atoms with van der Waals surface area (Å²) in [5.41, 5.74) is 0.987. The highest BCUT2D eigenvalue weighted by atomic mass is 16.5. The highest BCUT2D eigenvalue weighted by molar-refractivity contribution is 4.92. The molecule has 0 aliphatic rings. The molecular formula is C13H25N3O2. The zero-order valence-corrected chi connectivity index (χ0v) is 11.9. The van der Waals surface area contributed by atoms with Gasteiger partial charge in [-0.3, -0.25) is 4.68 Å². The number of hydrogen-bond acceptors (Lipinski definition) is 4. The molecule has 0 fully saturated rings. The number of rotatable bonds is 9. The third kappa shape index (κ3) is 6.71. The summed E-state index contributed by atoms with van der Waals surface area (Å²) < 4.78 is 12.8. The fourth-order valence-corrected chi connectivity index (χ4v) is 1.54. The Morgan fingerprint density at radius 1 is 1.17 bits per heavy atom. The smallest absolute Gasteiger partial charge is 0.0850 e. The lowest BCUT2D eigenvalue weighted by atomic mass is 10.2. The number of aromatic nitrogens is 3. The van der Waals surface area contributed by atoms with E-state index in [1.54, 1.807) is 0 Å². The predicted molar refractivity (Wildman–Crippen MR) is 70.5 cm³/mol. The van der Waals surface area contributed by atoms with Crippen LogP contribution in [-0.2, 0) is 22.4 Å². The van der Waals surface area contributed by atoms with Gasteiger partial charge in [0.15, 0.2) is 0 Å². The molecule has 0 aliphatic heterocycles. The summed E-state index contributed by atoms with van der Waals surface area (Å²) in [5, 5.41) is 8.20. The van der Waals surface area contributed by atoms with E-state index in [1.807, 2.05) is 24.7 Å². The van der Waals surface area contributed by atoms with Crippen LogP contribution in [0.2, 0.25) is 0 Å². The highest BCUT2D eigenvalue weighted by Crippen LogP contribution is 2.00. The third-order valence-electron chi connectivity index (χ3n) is 2.32. The molecular weight excluding hydrogens is 230 g/mol. The fourth-order valence-electron chi connectivity index (χ4n) is 1.54. The van der Waals surface area contributed by atoms with Crippen molar-refractivity contribution >= 4 is 0 Å². The molecule has 0 bridgehead atoms. The van der Waals surface area contributed by atoms with Crippen LogP contribution in [-0.4, -0.2) is 40.9 Å². The molecule has 0 amide bonds. The first kappa shape index (κ1) is 15.1. The van der Waals surface area contributed by atoms with Crippen LogP contribution in [0.15, 0.2) is 6.20 Å². The van der Waals surface area contributed by atoms with Crippen molar-refractivity contribution in [3.05, 3.63) is 11.9 Å². The number of nitrogens with zero attached hydrogens (tertiary/aromatic N) is 3. The zero-order valence-electron chi connectivity index (χ0n) is 11.9. The Kier molecular flexibility index (Phi) is 6.90. The largest absolute Gasteiger partial charge is 0.379 e. The van der Waals surface area contributed by atoms with Crippen molar-refractivity contribution in [2.75, 3.05) is 19.8 Å². The minimum Gasteiger partial charge on any atom is -0.379 e. The molecule has 5 heteroatoms. The van der Waals surface area contributed by atoms with Crippen LogP contribution in [0.3, 0.4) is 0 Å². The monoisotopic (exact) mass is 255 g/mol. The van der Waals surface area contributed by atoms with E-state index >= 15 is 0 Å². The van der Waals surface area contributed by atoms with Crippen molar-refractivity contribution in [2.45, 2.75) is 46.8 Å². The van der Waals surface area contributed by atoms with Crippen molar-refractivity contribution in [1.29, 1.82) is 0 Å². The maximum Gasteiger partial charge on any atom is 0.0850 e. The average molecular weight is 255 g/mol. The summed E-state index contributed by atoms with van der Waals surface area (Å²) in [6.45, 7) is 11.2. The summed E-state index contributed by atoms with van der Waals surface area (Å²) in [6.07, 6.45) is 3.07. The van der Waals surface area contributed by atoms with Gasteiger partial charge in [0.05, 0.1) is 31.6 Å². The van der Waals surface area contributed by atoms with Gasteiger partial charge in [0.1, 0.15) is 0 Å². The third-order valence-corrected chi connectivity index (χ3v) is 2.32. The molecule has 0 aliphatic carbocycles.